The summed E-state index contributed by atoms with van der Waals surface area (Å²) in [5.74, 6) is 0.162. The van der Waals surface area contributed by atoms with Crippen LogP contribution in [0, 0.1) is 0 Å². The molecular weight excluding hydrogens is 374 g/mol. The van der Waals surface area contributed by atoms with Gasteiger partial charge in [0.2, 0.25) is 0 Å². The van der Waals surface area contributed by atoms with E-state index >= 15 is 0 Å². The van der Waals surface area contributed by atoms with Crippen LogP contribution in [-0.2, 0) is 24.1 Å². The van der Waals surface area contributed by atoms with Crippen molar-refractivity contribution in [3.05, 3.63) is 46.8 Å². The van der Waals surface area contributed by atoms with Crippen LogP contribution >= 0.6 is 11.8 Å². The normalized spacial score (nSPS) is 17.9. The number of aliphatic carboxylic acids is 1. The van der Waals surface area contributed by atoms with Gasteiger partial charge in [0.05, 0.1) is 5.69 Å². The van der Waals surface area contributed by atoms with E-state index in [1.54, 1.807) is 11.8 Å². The summed E-state index contributed by atoms with van der Waals surface area (Å²) in [5.41, 5.74) is 3.42. The Kier molecular flexibility index (Phi) is 5.19. The lowest BCUT2D eigenvalue weighted by atomic mass is 9.92. The van der Waals surface area contributed by atoms with Crippen molar-refractivity contribution in [3.63, 3.8) is 0 Å². The van der Waals surface area contributed by atoms with Gasteiger partial charge in [-0.15, -0.1) is 0 Å². The first-order valence-corrected chi connectivity index (χ1v) is 11.0. The highest BCUT2D eigenvalue weighted by Crippen LogP contribution is 2.31. The number of hydrogen-bond acceptors (Lipinski definition) is 4. The second kappa shape index (κ2) is 7.62. The highest BCUT2D eigenvalue weighted by Gasteiger charge is 2.42. The summed E-state index contributed by atoms with van der Waals surface area (Å²) in [5, 5.41) is 17.2. The first-order valence-electron chi connectivity index (χ1n) is 9.88. The third kappa shape index (κ3) is 3.32. The third-order valence-electron chi connectivity index (χ3n) is 5.84. The minimum atomic E-state index is -1.18. The Bertz CT molecular complexity index is 898. The molecule has 1 aromatic carbocycles. The second-order valence-electron chi connectivity index (χ2n) is 7.51. The van der Waals surface area contributed by atoms with E-state index in [0.29, 0.717) is 18.5 Å². The zero-order chi connectivity index (χ0) is 19.7. The lowest BCUT2D eigenvalue weighted by Gasteiger charge is -2.33. The maximum atomic E-state index is 13.1. The molecule has 0 spiro atoms. The van der Waals surface area contributed by atoms with Gasteiger partial charge in [0, 0.05) is 11.3 Å². The molecule has 0 radical (unpaired) electrons. The Morgan fingerprint density at radius 3 is 2.57 bits per heavy atom. The topological polar surface area (TPSA) is 84.2 Å². The predicted molar refractivity (Wildman–Crippen MR) is 109 cm³/mol. The van der Waals surface area contributed by atoms with Crippen LogP contribution in [0.4, 0.5) is 0 Å². The molecule has 2 N–H and O–H groups in total. The van der Waals surface area contributed by atoms with Crippen LogP contribution in [0.15, 0.2) is 24.3 Å². The molecule has 1 amide bonds. The van der Waals surface area contributed by atoms with Gasteiger partial charge in [0.15, 0.2) is 5.69 Å². The number of hydrogen-bond donors (Lipinski definition) is 2. The maximum absolute atomic E-state index is 13.1. The van der Waals surface area contributed by atoms with Gasteiger partial charge in [-0.05, 0) is 67.7 Å². The lowest BCUT2D eigenvalue weighted by molar-refractivity contribution is -0.144. The molecule has 28 heavy (non-hydrogen) atoms. The summed E-state index contributed by atoms with van der Waals surface area (Å²) >= 11 is 1.73. The quantitative estimate of drug-likeness (QED) is 0.807. The van der Waals surface area contributed by atoms with E-state index in [4.69, 9.17) is 0 Å². The number of carbonyl (C=O) groups excluding carboxylic acids is 1. The zero-order valence-electron chi connectivity index (χ0n) is 16.0. The van der Waals surface area contributed by atoms with Crippen LogP contribution in [-0.4, -0.2) is 43.8 Å². The Morgan fingerprint density at radius 2 is 1.93 bits per heavy atom. The van der Waals surface area contributed by atoms with Gasteiger partial charge in [-0.25, -0.2) is 9.48 Å². The Morgan fingerprint density at radius 1 is 1.21 bits per heavy atom. The van der Waals surface area contributed by atoms with Crippen molar-refractivity contribution in [2.75, 3.05) is 11.5 Å². The summed E-state index contributed by atoms with van der Waals surface area (Å²) in [4.78, 5) is 25.0. The molecule has 6 nitrogen and oxygen atoms in total. The summed E-state index contributed by atoms with van der Waals surface area (Å²) in [6.07, 6.45) is 4.54. The van der Waals surface area contributed by atoms with Gasteiger partial charge in [0.1, 0.15) is 5.54 Å². The van der Waals surface area contributed by atoms with Gasteiger partial charge >= 0.3 is 5.97 Å². The number of fused-ring (bicyclic) bond motifs is 1. The predicted octanol–water partition coefficient (Wildman–Crippen LogP) is 3.00. The Labute approximate surface area is 168 Å². The van der Waals surface area contributed by atoms with Crippen molar-refractivity contribution < 1.29 is 14.7 Å². The Hall–Kier alpha value is -2.28. The molecule has 2 aromatic rings. The number of nitrogens with one attached hydrogen (secondary N) is 1. The molecule has 148 valence electrons. The van der Waals surface area contributed by atoms with Crippen molar-refractivity contribution in [2.24, 2.45) is 0 Å². The van der Waals surface area contributed by atoms with E-state index in [9.17, 15) is 14.7 Å². The molecule has 1 aliphatic heterocycles. The van der Waals surface area contributed by atoms with E-state index < -0.39 is 11.5 Å². The molecule has 1 aliphatic carbocycles. The molecule has 1 aromatic heterocycles. The summed E-state index contributed by atoms with van der Waals surface area (Å²) in [6, 6.07) is 8.22. The minimum Gasteiger partial charge on any atom is -0.480 e. The van der Waals surface area contributed by atoms with E-state index in [0.717, 1.165) is 54.1 Å². The van der Waals surface area contributed by atoms with Gasteiger partial charge in [0.25, 0.3) is 5.91 Å². The highest BCUT2D eigenvalue weighted by atomic mass is 32.2. The fraction of sp³-hybridized carbons (Fsp3) is 0.476. The number of amides is 1. The number of carboxylic acid groups (broad SMARTS) is 1. The van der Waals surface area contributed by atoms with Crippen molar-refractivity contribution in [1.29, 1.82) is 0 Å². The van der Waals surface area contributed by atoms with Gasteiger partial charge in [-0.1, -0.05) is 19.1 Å². The molecular formula is C21H25N3O3S. The van der Waals surface area contributed by atoms with Crippen molar-refractivity contribution in [2.45, 2.75) is 51.0 Å². The van der Waals surface area contributed by atoms with E-state index in [-0.39, 0.29) is 5.91 Å². The highest BCUT2D eigenvalue weighted by molar-refractivity contribution is 7.99. The fourth-order valence-electron chi connectivity index (χ4n) is 4.09. The maximum Gasteiger partial charge on any atom is 0.329 e. The van der Waals surface area contributed by atoms with Crippen LogP contribution < -0.4 is 5.32 Å². The average molecular weight is 400 g/mol. The number of carboxylic acids is 1. The largest absolute Gasteiger partial charge is 0.480 e. The molecule has 0 bridgehead atoms. The van der Waals surface area contributed by atoms with Crippen molar-refractivity contribution in [1.82, 2.24) is 15.1 Å². The van der Waals surface area contributed by atoms with E-state index in [2.05, 4.69) is 29.5 Å². The SMILES string of the molecule is CCc1ccc(-n2nc(C(=O)NC3(C(=O)O)CCSCC3)c3c2CCC3)cc1. The molecule has 0 atom stereocenters. The summed E-state index contributed by atoms with van der Waals surface area (Å²) < 4.78 is 1.86. The number of aryl methyl sites for hydroxylation is 1. The number of benzene rings is 1. The first kappa shape index (κ1) is 19.1. The summed E-state index contributed by atoms with van der Waals surface area (Å²) in [6.45, 7) is 2.12. The number of nitrogens with zero attached hydrogens (tertiary/aromatic N) is 2. The fourth-order valence-corrected chi connectivity index (χ4v) is 5.28. The van der Waals surface area contributed by atoms with Crippen LogP contribution in [0.1, 0.15) is 53.5 Å². The molecule has 0 unspecified atom stereocenters. The number of aromatic nitrogens is 2. The van der Waals surface area contributed by atoms with Gasteiger partial charge in [-0.2, -0.15) is 16.9 Å². The molecule has 2 heterocycles. The summed E-state index contributed by atoms with van der Waals surface area (Å²) in [7, 11) is 0. The zero-order valence-corrected chi connectivity index (χ0v) is 16.8. The standard InChI is InChI=1S/C21H25N3O3S/c1-2-14-6-8-15(9-7-14)24-17-5-3-4-16(17)18(23-24)19(25)22-21(20(26)27)10-12-28-13-11-21/h6-9H,2-5,10-13H2,1H3,(H,22,25)(H,26,27). The Balaban J connectivity index is 1.66. The molecule has 2 aliphatic rings. The van der Waals surface area contributed by atoms with Crippen LogP contribution in [0.2, 0.25) is 0 Å². The van der Waals surface area contributed by atoms with Crippen LogP contribution in [0.25, 0.3) is 5.69 Å². The monoisotopic (exact) mass is 399 g/mol. The molecule has 7 heteroatoms. The molecule has 4 rings (SSSR count). The smallest absolute Gasteiger partial charge is 0.329 e. The number of thioether (sulfide) groups is 1. The van der Waals surface area contributed by atoms with Gasteiger partial charge < -0.3 is 10.4 Å². The lowest BCUT2D eigenvalue weighted by Crippen LogP contribution is -2.56. The molecule has 1 saturated heterocycles. The van der Waals surface area contributed by atoms with Crippen LogP contribution in [0.5, 0.6) is 0 Å². The number of rotatable bonds is 5. The molecule has 1 fully saturated rings. The minimum absolute atomic E-state index is 0.364. The average Bonchev–Trinajstić information content (AvgIpc) is 3.31. The van der Waals surface area contributed by atoms with E-state index in [1.165, 1.54) is 5.56 Å². The third-order valence-corrected chi connectivity index (χ3v) is 6.83. The van der Waals surface area contributed by atoms with Crippen molar-refractivity contribution in [3.8, 4) is 5.69 Å². The van der Waals surface area contributed by atoms with Gasteiger partial charge in [-0.3, -0.25) is 4.79 Å². The second-order valence-corrected chi connectivity index (χ2v) is 8.74. The van der Waals surface area contributed by atoms with Crippen molar-refractivity contribution >= 4 is 23.6 Å². The van der Waals surface area contributed by atoms with E-state index in [1.807, 2.05) is 16.8 Å². The first-order chi connectivity index (χ1) is 13.5. The number of carbonyl (C=O) groups is 2. The van der Waals surface area contributed by atoms with Crippen LogP contribution in [0.3, 0.4) is 0 Å². The molecule has 0 saturated carbocycles.